The minimum atomic E-state index is -4.44. The maximum absolute atomic E-state index is 12.3. The van der Waals surface area contributed by atoms with E-state index in [9.17, 15) is 18.0 Å². The van der Waals surface area contributed by atoms with Crippen LogP contribution in [-0.2, 0) is 16.0 Å². The number of carbonyl (C=O) groups is 1. The molecule has 0 aliphatic rings. The maximum Gasteiger partial charge on any atom is 0.422 e. The van der Waals surface area contributed by atoms with E-state index in [1.807, 2.05) is 0 Å². The Labute approximate surface area is 172 Å². The van der Waals surface area contributed by atoms with E-state index in [-0.39, 0.29) is 23.8 Å². The van der Waals surface area contributed by atoms with Gasteiger partial charge in [-0.2, -0.15) is 13.2 Å². The Bertz CT molecular complexity index is 813. The molecule has 164 valence electrons. The lowest BCUT2D eigenvalue weighted by Crippen LogP contribution is -2.19. The van der Waals surface area contributed by atoms with Crippen molar-refractivity contribution in [2.45, 2.75) is 19.0 Å². The molecule has 0 fully saturated rings. The van der Waals surface area contributed by atoms with Crippen LogP contribution >= 0.6 is 0 Å². The largest absolute Gasteiger partial charge is 0.493 e. The van der Waals surface area contributed by atoms with Crippen LogP contribution in [0.3, 0.4) is 0 Å². The van der Waals surface area contributed by atoms with Crippen LogP contribution in [0.25, 0.3) is 0 Å². The van der Waals surface area contributed by atoms with Gasteiger partial charge in [0.05, 0.1) is 25.6 Å². The summed E-state index contributed by atoms with van der Waals surface area (Å²) in [6.07, 6.45) is -2.42. The summed E-state index contributed by atoms with van der Waals surface area (Å²) in [6, 6.07) is 7.84. The Hall–Kier alpha value is -3.01. The number of amides is 1. The molecule has 2 aromatic rings. The summed E-state index contributed by atoms with van der Waals surface area (Å²) in [5.74, 6) is 0.346. The highest BCUT2D eigenvalue weighted by Gasteiger charge is 2.29. The zero-order chi connectivity index (χ0) is 22.0. The van der Waals surface area contributed by atoms with E-state index in [0.717, 1.165) is 5.56 Å². The van der Waals surface area contributed by atoms with Gasteiger partial charge in [0.15, 0.2) is 18.1 Å². The molecule has 0 atom stereocenters. The van der Waals surface area contributed by atoms with Gasteiger partial charge in [-0.05, 0) is 30.2 Å². The highest BCUT2D eigenvalue weighted by atomic mass is 19.4. The van der Waals surface area contributed by atoms with Crippen LogP contribution in [0.15, 0.2) is 36.5 Å². The molecule has 0 aliphatic carbocycles. The van der Waals surface area contributed by atoms with E-state index in [0.29, 0.717) is 31.2 Å². The normalized spacial score (nSPS) is 11.1. The van der Waals surface area contributed by atoms with Crippen molar-refractivity contribution in [3.8, 4) is 17.4 Å². The number of pyridine rings is 1. The van der Waals surface area contributed by atoms with Crippen molar-refractivity contribution in [3.05, 3.63) is 42.1 Å². The molecule has 0 saturated heterocycles. The smallest absolute Gasteiger partial charge is 0.422 e. The number of nitrogens with one attached hydrogen (secondary N) is 1. The van der Waals surface area contributed by atoms with Crippen LogP contribution in [-0.4, -0.2) is 51.1 Å². The Morgan fingerprint density at radius 2 is 1.87 bits per heavy atom. The molecule has 1 heterocycles. The van der Waals surface area contributed by atoms with Gasteiger partial charge >= 0.3 is 6.18 Å². The van der Waals surface area contributed by atoms with Gasteiger partial charge in [0.2, 0.25) is 11.8 Å². The van der Waals surface area contributed by atoms with Crippen LogP contribution in [0.1, 0.15) is 12.0 Å². The molecule has 2 rings (SSSR count). The second-order valence-corrected chi connectivity index (χ2v) is 6.16. The van der Waals surface area contributed by atoms with E-state index in [4.69, 9.17) is 18.9 Å². The predicted octanol–water partition coefficient (Wildman–Crippen LogP) is 3.63. The number of methoxy groups -OCH3 is 2. The molecule has 7 nitrogen and oxygen atoms in total. The summed E-state index contributed by atoms with van der Waals surface area (Å²) in [7, 11) is 2.91. The number of carbonyl (C=O) groups excluding carboxylic acids is 1. The van der Waals surface area contributed by atoms with Crippen molar-refractivity contribution in [2.75, 3.05) is 39.4 Å². The fraction of sp³-hybridized carbons (Fsp3) is 0.400. The van der Waals surface area contributed by atoms with E-state index >= 15 is 0 Å². The number of aryl methyl sites for hydroxylation is 1. The molecule has 10 heteroatoms. The van der Waals surface area contributed by atoms with Gasteiger partial charge in [0.1, 0.15) is 6.61 Å². The highest BCUT2D eigenvalue weighted by Crippen LogP contribution is 2.30. The average molecular weight is 428 g/mol. The van der Waals surface area contributed by atoms with Gasteiger partial charge in [-0.3, -0.25) is 4.79 Å². The van der Waals surface area contributed by atoms with Gasteiger partial charge in [-0.25, -0.2) is 4.98 Å². The van der Waals surface area contributed by atoms with Crippen molar-refractivity contribution >= 4 is 11.6 Å². The van der Waals surface area contributed by atoms with Gasteiger partial charge in [0, 0.05) is 19.6 Å². The third kappa shape index (κ3) is 8.16. The second kappa shape index (κ2) is 11.2. The van der Waals surface area contributed by atoms with Crippen LogP contribution in [0.5, 0.6) is 17.4 Å². The van der Waals surface area contributed by atoms with Gasteiger partial charge in [-0.1, -0.05) is 6.07 Å². The number of nitrogens with zero attached hydrogens (tertiary/aromatic N) is 1. The zero-order valence-electron chi connectivity index (χ0n) is 16.6. The molecular weight excluding hydrogens is 405 g/mol. The first-order chi connectivity index (χ1) is 14.3. The fourth-order valence-corrected chi connectivity index (χ4v) is 2.40. The first-order valence-corrected chi connectivity index (χ1v) is 9.05. The van der Waals surface area contributed by atoms with E-state index in [2.05, 4.69) is 10.3 Å². The van der Waals surface area contributed by atoms with Crippen LogP contribution in [0.4, 0.5) is 18.9 Å². The Morgan fingerprint density at radius 3 is 2.50 bits per heavy atom. The molecule has 0 bridgehead atoms. The predicted molar refractivity (Wildman–Crippen MR) is 103 cm³/mol. The molecule has 1 aromatic carbocycles. The monoisotopic (exact) mass is 428 g/mol. The van der Waals surface area contributed by atoms with Crippen molar-refractivity contribution in [3.63, 3.8) is 0 Å². The summed E-state index contributed by atoms with van der Waals surface area (Å²) in [4.78, 5) is 16.2. The Kier molecular flexibility index (Phi) is 8.72. The molecular formula is C20H23F3N2O5. The number of hydrogen-bond donors (Lipinski definition) is 1. The third-order valence-corrected chi connectivity index (χ3v) is 3.82. The second-order valence-electron chi connectivity index (χ2n) is 6.16. The average Bonchev–Trinajstić information content (AvgIpc) is 2.72. The van der Waals surface area contributed by atoms with Crippen molar-refractivity contribution < 1.29 is 36.9 Å². The van der Waals surface area contributed by atoms with E-state index in [1.165, 1.54) is 19.4 Å². The summed E-state index contributed by atoms with van der Waals surface area (Å²) in [5.41, 5.74) is 1.24. The quantitative estimate of drug-likeness (QED) is 0.551. The SMILES string of the molecule is COCCOc1ccc(NC(=O)CCc2ccc(OCC(F)(F)F)c(OC)c2)cn1. The van der Waals surface area contributed by atoms with Crippen molar-refractivity contribution in [1.82, 2.24) is 4.98 Å². The van der Waals surface area contributed by atoms with Crippen LogP contribution in [0, 0.1) is 0 Å². The van der Waals surface area contributed by atoms with Gasteiger partial charge in [-0.15, -0.1) is 0 Å². The van der Waals surface area contributed by atoms with E-state index < -0.39 is 12.8 Å². The molecule has 0 radical (unpaired) electrons. The number of anilines is 1. The summed E-state index contributed by atoms with van der Waals surface area (Å²) in [5, 5.41) is 2.72. The molecule has 0 unspecified atom stereocenters. The number of ether oxygens (including phenoxy) is 4. The van der Waals surface area contributed by atoms with Crippen LogP contribution < -0.4 is 19.5 Å². The lowest BCUT2D eigenvalue weighted by molar-refractivity contribution is -0.153. The Balaban J connectivity index is 1.85. The zero-order valence-corrected chi connectivity index (χ0v) is 16.6. The number of rotatable bonds is 11. The number of benzene rings is 1. The molecule has 30 heavy (non-hydrogen) atoms. The highest BCUT2D eigenvalue weighted by molar-refractivity contribution is 5.90. The molecule has 1 aromatic heterocycles. The summed E-state index contributed by atoms with van der Waals surface area (Å²) < 4.78 is 57.0. The van der Waals surface area contributed by atoms with Gasteiger partial charge in [0.25, 0.3) is 0 Å². The van der Waals surface area contributed by atoms with E-state index in [1.54, 1.807) is 31.4 Å². The first kappa shape index (κ1) is 23.3. The van der Waals surface area contributed by atoms with Crippen LogP contribution in [0.2, 0.25) is 0 Å². The number of halogens is 3. The Morgan fingerprint density at radius 1 is 1.07 bits per heavy atom. The molecule has 1 amide bonds. The maximum atomic E-state index is 12.3. The fourth-order valence-electron chi connectivity index (χ4n) is 2.40. The van der Waals surface area contributed by atoms with Crippen molar-refractivity contribution in [2.24, 2.45) is 0 Å². The standard InChI is InChI=1S/C20H23F3N2O5/c1-27-9-10-29-19-8-5-15(12-24-19)25-18(26)7-4-14-3-6-16(17(11-14)28-2)30-13-20(21,22)23/h3,5-6,8,11-12H,4,7,9-10,13H2,1-2H3,(H,25,26). The molecule has 0 spiro atoms. The van der Waals surface area contributed by atoms with Gasteiger partial charge < -0.3 is 24.3 Å². The summed E-state index contributed by atoms with van der Waals surface area (Å²) in [6.45, 7) is -0.589. The minimum absolute atomic E-state index is 0.0121. The molecule has 0 aliphatic heterocycles. The lowest BCUT2D eigenvalue weighted by Gasteiger charge is -2.13. The lowest BCUT2D eigenvalue weighted by atomic mass is 10.1. The minimum Gasteiger partial charge on any atom is -0.493 e. The summed E-state index contributed by atoms with van der Waals surface area (Å²) >= 11 is 0. The topological polar surface area (TPSA) is 78.9 Å². The first-order valence-electron chi connectivity index (χ1n) is 9.05. The number of hydrogen-bond acceptors (Lipinski definition) is 6. The number of aromatic nitrogens is 1. The third-order valence-electron chi connectivity index (χ3n) is 3.82. The molecule has 1 N–H and O–H groups in total. The van der Waals surface area contributed by atoms with Crippen molar-refractivity contribution in [1.29, 1.82) is 0 Å². The molecule has 0 saturated carbocycles. The number of alkyl halides is 3.